The summed E-state index contributed by atoms with van der Waals surface area (Å²) in [5.74, 6) is -0.117. The van der Waals surface area contributed by atoms with Gasteiger partial charge in [0.15, 0.2) is 12.7 Å². The average Bonchev–Trinajstić information content (AvgIpc) is 3.24. The van der Waals surface area contributed by atoms with E-state index in [2.05, 4.69) is 5.32 Å². The minimum absolute atomic E-state index is 0.320. The number of benzene rings is 4. The highest BCUT2D eigenvalue weighted by Crippen LogP contribution is 2.36. The van der Waals surface area contributed by atoms with Crippen LogP contribution in [0.15, 0.2) is 83.3 Å². The van der Waals surface area contributed by atoms with E-state index in [-0.39, 0.29) is 6.61 Å². The number of amides is 1. The fourth-order valence-corrected chi connectivity index (χ4v) is 4.00. The van der Waals surface area contributed by atoms with Crippen LogP contribution in [0.1, 0.15) is 6.92 Å². The molecule has 35 heavy (non-hydrogen) atoms. The van der Waals surface area contributed by atoms with Crippen molar-refractivity contribution in [2.24, 2.45) is 0 Å². The molecule has 0 radical (unpaired) electrons. The molecule has 0 bridgehead atoms. The van der Waals surface area contributed by atoms with Gasteiger partial charge < -0.3 is 23.9 Å². The summed E-state index contributed by atoms with van der Waals surface area (Å²) in [6.07, 6.45) is -1.05. The highest BCUT2D eigenvalue weighted by molar-refractivity contribution is 6.08. The van der Waals surface area contributed by atoms with Gasteiger partial charge in [0.1, 0.15) is 22.7 Å². The third kappa shape index (κ3) is 4.48. The quantitative estimate of drug-likeness (QED) is 0.308. The number of rotatable bonds is 7. The summed E-state index contributed by atoms with van der Waals surface area (Å²) in [7, 11) is 1.52. The summed E-state index contributed by atoms with van der Waals surface area (Å²) in [6.45, 7) is 1.18. The van der Waals surface area contributed by atoms with Gasteiger partial charge in [-0.25, -0.2) is 4.79 Å². The monoisotopic (exact) mass is 469 g/mol. The van der Waals surface area contributed by atoms with E-state index in [9.17, 15) is 9.59 Å². The molecule has 4 aromatic carbocycles. The fourth-order valence-electron chi connectivity index (χ4n) is 4.00. The number of nitrogens with one attached hydrogen (secondary N) is 1. The number of hydrogen-bond donors (Lipinski definition) is 1. The molecule has 1 aromatic heterocycles. The summed E-state index contributed by atoms with van der Waals surface area (Å²) in [5.41, 5.74) is 1.76. The summed E-state index contributed by atoms with van der Waals surface area (Å²) in [6, 6.07) is 24.5. The SMILES string of the molecule is COc1cc2c(cc1NC(=O)C(C)OC(=O)COc1cccc3ccccc13)oc1ccccc12. The molecule has 7 heteroatoms. The van der Waals surface area contributed by atoms with Crippen molar-refractivity contribution in [1.82, 2.24) is 0 Å². The van der Waals surface area contributed by atoms with Crippen LogP contribution < -0.4 is 14.8 Å². The van der Waals surface area contributed by atoms with E-state index >= 15 is 0 Å². The normalized spacial score (nSPS) is 11.9. The van der Waals surface area contributed by atoms with Crippen molar-refractivity contribution in [3.63, 3.8) is 0 Å². The van der Waals surface area contributed by atoms with Crippen molar-refractivity contribution in [2.45, 2.75) is 13.0 Å². The number of carbonyl (C=O) groups excluding carboxylic acids is 2. The topological polar surface area (TPSA) is 87.0 Å². The minimum Gasteiger partial charge on any atom is -0.495 e. The van der Waals surface area contributed by atoms with E-state index in [1.165, 1.54) is 14.0 Å². The first-order valence-corrected chi connectivity index (χ1v) is 11.1. The van der Waals surface area contributed by atoms with Crippen LogP contribution in [-0.4, -0.2) is 31.7 Å². The molecule has 1 amide bonds. The smallest absolute Gasteiger partial charge is 0.344 e. The van der Waals surface area contributed by atoms with Crippen molar-refractivity contribution >= 4 is 50.3 Å². The van der Waals surface area contributed by atoms with Gasteiger partial charge in [-0.1, -0.05) is 54.6 Å². The van der Waals surface area contributed by atoms with Crippen molar-refractivity contribution in [2.75, 3.05) is 19.0 Å². The predicted molar refractivity (Wildman–Crippen MR) is 134 cm³/mol. The molecule has 5 rings (SSSR count). The molecule has 7 nitrogen and oxygen atoms in total. The van der Waals surface area contributed by atoms with Gasteiger partial charge in [-0.15, -0.1) is 0 Å². The van der Waals surface area contributed by atoms with E-state index in [4.69, 9.17) is 18.6 Å². The van der Waals surface area contributed by atoms with Gasteiger partial charge in [0.2, 0.25) is 0 Å². The second-order valence-electron chi connectivity index (χ2n) is 8.03. The Kier molecular flexibility index (Phi) is 5.97. The Hall–Kier alpha value is -4.52. The van der Waals surface area contributed by atoms with Crippen LogP contribution in [0.2, 0.25) is 0 Å². The number of methoxy groups -OCH3 is 1. The van der Waals surface area contributed by atoms with E-state index in [0.29, 0.717) is 22.8 Å². The fraction of sp³-hybridized carbons (Fsp3) is 0.143. The molecule has 176 valence electrons. The Morgan fingerprint density at radius 3 is 2.43 bits per heavy atom. The molecular weight excluding hydrogens is 446 g/mol. The second-order valence-corrected chi connectivity index (χ2v) is 8.03. The molecule has 5 aromatic rings. The van der Waals surface area contributed by atoms with Crippen molar-refractivity contribution in [1.29, 1.82) is 0 Å². The lowest BCUT2D eigenvalue weighted by Gasteiger charge is -2.16. The van der Waals surface area contributed by atoms with Crippen LogP contribution in [0, 0.1) is 0 Å². The lowest BCUT2D eigenvalue weighted by Crippen LogP contribution is -2.31. The zero-order valence-corrected chi connectivity index (χ0v) is 19.2. The Labute approximate surface area is 201 Å². The van der Waals surface area contributed by atoms with Crippen molar-refractivity contribution in [3.8, 4) is 11.5 Å². The molecule has 1 heterocycles. The zero-order valence-electron chi connectivity index (χ0n) is 19.2. The summed E-state index contributed by atoms with van der Waals surface area (Å²) in [5, 5.41) is 6.48. The van der Waals surface area contributed by atoms with Gasteiger partial charge in [-0.3, -0.25) is 4.79 Å². The maximum Gasteiger partial charge on any atom is 0.344 e. The molecule has 0 fully saturated rings. The van der Waals surface area contributed by atoms with Crippen molar-refractivity contribution < 1.29 is 28.2 Å². The highest BCUT2D eigenvalue weighted by Gasteiger charge is 2.21. The predicted octanol–water partition coefficient (Wildman–Crippen LogP) is 5.70. The third-order valence-electron chi connectivity index (χ3n) is 5.73. The van der Waals surface area contributed by atoms with Crippen LogP contribution in [0.4, 0.5) is 5.69 Å². The standard InChI is InChI=1S/C28H23NO6/c1-17(34-27(30)16-33-23-13-7-9-18-8-3-4-10-19(18)23)28(31)29-22-15-25-21(14-26(22)32-2)20-11-5-6-12-24(20)35-25/h3-15,17H,16H2,1-2H3,(H,29,31). The molecule has 0 aliphatic carbocycles. The Balaban J connectivity index is 1.25. The number of ether oxygens (including phenoxy) is 3. The molecule has 1 unspecified atom stereocenters. The van der Waals surface area contributed by atoms with E-state index in [0.717, 1.165) is 27.1 Å². The van der Waals surface area contributed by atoms with Crippen LogP contribution in [0.5, 0.6) is 11.5 Å². The van der Waals surface area contributed by atoms with Crippen molar-refractivity contribution in [3.05, 3.63) is 78.9 Å². The van der Waals surface area contributed by atoms with E-state index in [1.807, 2.05) is 66.7 Å². The van der Waals surface area contributed by atoms with Gasteiger partial charge in [0.05, 0.1) is 12.8 Å². The third-order valence-corrected chi connectivity index (χ3v) is 5.73. The van der Waals surface area contributed by atoms with Gasteiger partial charge in [0, 0.05) is 22.2 Å². The maximum absolute atomic E-state index is 12.8. The lowest BCUT2D eigenvalue weighted by molar-refractivity contribution is -0.155. The number of carbonyl (C=O) groups is 2. The van der Waals surface area contributed by atoms with Gasteiger partial charge >= 0.3 is 5.97 Å². The summed E-state index contributed by atoms with van der Waals surface area (Å²) < 4.78 is 22.3. The first-order chi connectivity index (χ1) is 17.0. The van der Waals surface area contributed by atoms with Crippen LogP contribution in [-0.2, 0) is 14.3 Å². The van der Waals surface area contributed by atoms with Gasteiger partial charge in [-0.2, -0.15) is 0 Å². The number of hydrogen-bond acceptors (Lipinski definition) is 6. The Bertz CT molecular complexity index is 1550. The lowest BCUT2D eigenvalue weighted by atomic mass is 10.1. The maximum atomic E-state index is 12.8. The first kappa shape index (κ1) is 22.3. The molecule has 0 spiro atoms. The number of para-hydroxylation sites is 1. The van der Waals surface area contributed by atoms with Crippen LogP contribution >= 0.6 is 0 Å². The van der Waals surface area contributed by atoms with Crippen LogP contribution in [0.25, 0.3) is 32.7 Å². The number of furan rings is 1. The largest absolute Gasteiger partial charge is 0.495 e. The second kappa shape index (κ2) is 9.38. The molecule has 1 N–H and O–H groups in total. The number of esters is 1. The van der Waals surface area contributed by atoms with Gasteiger partial charge in [0.25, 0.3) is 5.91 Å². The molecule has 0 aliphatic heterocycles. The van der Waals surface area contributed by atoms with Crippen LogP contribution in [0.3, 0.4) is 0 Å². The molecular formula is C28H23NO6. The molecule has 0 aliphatic rings. The minimum atomic E-state index is -1.05. The first-order valence-electron chi connectivity index (χ1n) is 11.1. The number of anilines is 1. The Morgan fingerprint density at radius 1 is 0.857 bits per heavy atom. The summed E-state index contributed by atoms with van der Waals surface area (Å²) >= 11 is 0. The summed E-state index contributed by atoms with van der Waals surface area (Å²) in [4.78, 5) is 25.1. The molecule has 0 saturated heterocycles. The highest BCUT2D eigenvalue weighted by atomic mass is 16.6. The average molecular weight is 469 g/mol. The molecule has 1 atom stereocenters. The Morgan fingerprint density at radius 2 is 1.60 bits per heavy atom. The zero-order chi connectivity index (χ0) is 24.4. The van der Waals surface area contributed by atoms with E-state index in [1.54, 1.807) is 12.1 Å². The number of fused-ring (bicyclic) bond motifs is 4. The molecule has 0 saturated carbocycles. The van der Waals surface area contributed by atoms with E-state index < -0.39 is 18.0 Å². The van der Waals surface area contributed by atoms with Gasteiger partial charge in [-0.05, 0) is 30.5 Å².